The number of ether oxygens (including phenoxy) is 4. The number of hydrogen-bond donors (Lipinski definition) is 1. The van der Waals surface area contributed by atoms with Crippen molar-refractivity contribution in [2.45, 2.75) is 12.9 Å². The lowest BCUT2D eigenvalue weighted by Gasteiger charge is -2.16. The summed E-state index contributed by atoms with van der Waals surface area (Å²) in [6.07, 6.45) is -0.577. The maximum atomic E-state index is 10.1. The number of methoxy groups -OCH3 is 1. The molecule has 1 N–H and O–H groups in total. The van der Waals surface area contributed by atoms with Gasteiger partial charge < -0.3 is 24.1 Å². The molecule has 2 aromatic rings. The van der Waals surface area contributed by atoms with Crippen LogP contribution >= 0.6 is 0 Å². The number of hydrogen-bond acceptors (Lipinski definition) is 5. The molecule has 5 nitrogen and oxygen atoms in total. The lowest BCUT2D eigenvalue weighted by Crippen LogP contribution is -2.04. The van der Waals surface area contributed by atoms with E-state index in [1.807, 2.05) is 24.3 Å². The summed E-state index contributed by atoms with van der Waals surface area (Å²) in [5.74, 6) is 1.47. The Balaban J connectivity index is 1.75. The molecule has 1 aliphatic heterocycles. The Morgan fingerprint density at radius 2 is 1.82 bits per heavy atom. The third kappa shape index (κ3) is 3.16. The molecule has 0 spiro atoms. The zero-order valence-corrected chi connectivity index (χ0v) is 12.3. The fourth-order valence-corrected chi connectivity index (χ4v) is 2.30. The Hall–Kier alpha value is -2.24. The monoisotopic (exact) mass is 302 g/mol. The molecule has 1 fully saturated rings. The summed E-state index contributed by atoms with van der Waals surface area (Å²) >= 11 is 0. The van der Waals surface area contributed by atoms with Gasteiger partial charge >= 0.3 is 0 Å². The quantitative estimate of drug-likeness (QED) is 0.920. The second kappa shape index (κ2) is 6.68. The van der Waals surface area contributed by atoms with E-state index < -0.39 is 6.29 Å². The van der Waals surface area contributed by atoms with Crippen LogP contribution in [0.1, 0.15) is 17.4 Å². The molecule has 116 valence electrons. The smallest absolute Gasteiger partial charge is 0.191 e. The van der Waals surface area contributed by atoms with Crippen molar-refractivity contribution in [1.29, 1.82) is 0 Å². The Kier molecular flexibility index (Phi) is 4.46. The van der Waals surface area contributed by atoms with Gasteiger partial charge in [0.1, 0.15) is 23.9 Å². The summed E-state index contributed by atoms with van der Waals surface area (Å²) in [6, 6.07) is 12.8. The van der Waals surface area contributed by atoms with Crippen molar-refractivity contribution in [2.24, 2.45) is 0 Å². The van der Waals surface area contributed by atoms with E-state index in [4.69, 9.17) is 18.9 Å². The lowest BCUT2D eigenvalue weighted by molar-refractivity contribution is -0.0472. The minimum Gasteiger partial charge on any atom is -0.507 e. The van der Waals surface area contributed by atoms with Gasteiger partial charge in [-0.2, -0.15) is 0 Å². The van der Waals surface area contributed by atoms with Gasteiger partial charge in [-0.25, -0.2) is 0 Å². The molecule has 5 heteroatoms. The van der Waals surface area contributed by atoms with Crippen LogP contribution in [0.25, 0.3) is 0 Å². The van der Waals surface area contributed by atoms with Crippen LogP contribution in [-0.4, -0.2) is 25.4 Å². The average Bonchev–Trinajstić information content (AvgIpc) is 3.07. The fourth-order valence-electron chi connectivity index (χ4n) is 2.30. The molecule has 0 radical (unpaired) electrons. The van der Waals surface area contributed by atoms with Gasteiger partial charge in [0, 0.05) is 0 Å². The van der Waals surface area contributed by atoms with Crippen LogP contribution in [-0.2, 0) is 16.1 Å². The van der Waals surface area contributed by atoms with E-state index in [2.05, 4.69) is 0 Å². The zero-order chi connectivity index (χ0) is 15.4. The van der Waals surface area contributed by atoms with E-state index in [9.17, 15) is 5.11 Å². The van der Waals surface area contributed by atoms with E-state index in [1.165, 1.54) is 0 Å². The van der Waals surface area contributed by atoms with Crippen LogP contribution in [0.3, 0.4) is 0 Å². The third-order valence-corrected chi connectivity index (χ3v) is 3.45. The molecule has 0 unspecified atom stereocenters. The molecular weight excluding hydrogens is 284 g/mol. The Morgan fingerprint density at radius 1 is 1.09 bits per heavy atom. The van der Waals surface area contributed by atoms with Crippen molar-refractivity contribution in [3.05, 3.63) is 53.6 Å². The second-order valence-electron chi connectivity index (χ2n) is 4.90. The van der Waals surface area contributed by atoms with Crippen LogP contribution in [0.2, 0.25) is 0 Å². The van der Waals surface area contributed by atoms with Crippen LogP contribution in [0.5, 0.6) is 17.2 Å². The Labute approximate surface area is 129 Å². The molecule has 0 bridgehead atoms. The molecular formula is C17H18O5. The highest BCUT2D eigenvalue weighted by Crippen LogP contribution is 2.38. The predicted molar refractivity (Wildman–Crippen MR) is 80.1 cm³/mol. The number of aromatic hydroxyl groups is 1. The molecule has 22 heavy (non-hydrogen) atoms. The minimum absolute atomic E-state index is 0.110. The van der Waals surface area contributed by atoms with Gasteiger partial charge in [-0.3, -0.25) is 0 Å². The van der Waals surface area contributed by atoms with Gasteiger partial charge in [0.2, 0.25) is 0 Å². The van der Waals surface area contributed by atoms with E-state index in [0.717, 1.165) is 11.3 Å². The second-order valence-corrected chi connectivity index (χ2v) is 4.90. The van der Waals surface area contributed by atoms with Crippen molar-refractivity contribution in [2.75, 3.05) is 20.3 Å². The average molecular weight is 302 g/mol. The first-order chi connectivity index (χ1) is 10.8. The highest BCUT2D eigenvalue weighted by Gasteiger charge is 2.25. The highest BCUT2D eigenvalue weighted by atomic mass is 16.7. The summed E-state index contributed by atoms with van der Waals surface area (Å²) in [4.78, 5) is 0. The van der Waals surface area contributed by atoms with Gasteiger partial charge in [0.25, 0.3) is 0 Å². The summed E-state index contributed by atoms with van der Waals surface area (Å²) < 4.78 is 21.9. The normalized spacial score (nSPS) is 15.0. The molecule has 1 saturated heterocycles. The summed E-state index contributed by atoms with van der Waals surface area (Å²) in [7, 11) is 1.63. The first-order valence-corrected chi connectivity index (χ1v) is 7.09. The Morgan fingerprint density at radius 3 is 2.50 bits per heavy atom. The van der Waals surface area contributed by atoms with Crippen molar-refractivity contribution < 1.29 is 24.1 Å². The van der Waals surface area contributed by atoms with Crippen molar-refractivity contribution >= 4 is 0 Å². The topological polar surface area (TPSA) is 57.2 Å². The van der Waals surface area contributed by atoms with Gasteiger partial charge in [-0.1, -0.05) is 18.2 Å². The third-order valence-electron chi connectivity index (χ3n) is 3.45. The van der Waals surface area contributed by atoms with E-state index in [0.29, 0.717) is 31.1 Å². The first-order valence-electron chi connectivity index (χ1n) is 7.09. The van der Waals surface area contributed by atoms with E-state index in [1.54, 1.807) is 25.3 Å². The maximum Gasteiger partial charge on any atom is 0.191 e. The van der Waals surface area contributed by atoms with Crippen LogP contribution in [0.15, 0.2) is 42.5 Å². The molecule has 0 saturated carbocycles. The zero-order valence-electron chi connectivity index (χ0n) is 12.3. The van der Waals surface area contributed by atoms with Crippen molar-refractivity contribution in [1.82, 2.24) is 0 Å². The molecule has 0 aliphatic carbocycles. The lowest BCUT2D eigenvalue weighted by atomic mass is 10.1. The largest absolute Gasteiger partial charge is 0.507 e. The molecule has 3 rings (SSSR count). The SMILES string of the molecule is COc1ccc(COc2cccc(O)c2C2OCCO2)cc1. The maximum absolute atomic E-state index is 10.1. The number of benzene rings is 2. The molecule has 1 heterocycles. The van der Waals surface area contributed by atoms with Gasteiger partial charge in [0.05, 0.1) is 25.9 Å². The number of phenolic OH excluding ortho intramolecular Hbond substituents is 1. The molecule has 1 aliphatic rings. The summed E-state index contributed by atoms with van der Waals surface area (Å²) in [6.45, 7) is 1.40. The first kappa shape index (κ1) is 14.7. The van der Waals surface area contributed by atoms with Crippen LogP contribution in [0, 0.1) is 0 Å². The predicted octanol–water partition coefficient (Wildman–Crippen LogP) is 3.03. The van der Waals surface area contributed by atoms with Crippen molar-refractivity contribution in [3.63, 3.8) is 0 Å². The molecule has 2 aromatic carbocycles. The molecule has 0 amide bonds. The highest BCUT2D eigenvalue weighted by molar-refractivity contribution is 5.45. The van der Waals surface area contributed by atoms with Crippen LogP contribution < -0.4 is 9.47 Å². The summed E-state index contributed by atoms with van der Waals surface area (Å²) in [5, 5.41) is 10.1. The Bertz CT molecular complexity index is 617. The van der Waals surface area contributed by atoms with E-state index in [-0.39, 0.29) is 5.75 Å². The minimum atomic E-state index is -0.577. The van der Waals surface area contributed by atoms with Gasteiger partial charge in [0.15, 0.2) is 6.29 Å². The number of phenols is 1. The van der Waals surface area contributed by atoms with Gasteiger partial charge in [-0.15, -0.1) is 0 Å². The molecule has 0 atom stereocenters. The van der Waals surface area contributed by atoms with E-state index >= 15 is 0 Å². The van der Waals surface area contributed by atoms with Gasteiger partial charge in [-0.05, 0) is 29.8 Å². The standard InChI is InChI=1S/C17H18O5/c1-19-13-7-5-12(6-8-13)11-22-15-4-2-3-14(18)16(15)17-20-9-10-21-17/h2-8,17-18H,9-11H2,1H3. The van der Waals surface area contributed by atoms with Crippen LogP contribution in [0.4, 0.5) is 0 Å². The summed E-state index contributed by atoms with van der Waals surface area (Å²) in [5.41, 5.74) is 1.54. The number of rotatable bonds is 5. The fraction of sp³-hybridized carbons (Fsp3) is 0.294. The van der Waals surface area contributed by atoms with Crippen molar-refractivity contribution in [3.8, 4) is 17.2 Å². The molecule has 0 aromatic heterocycles.